The van der Waals surface area contributed by atoms with Crippen LogP contribution in [-0.2, 0) is 13.1 Å². The molecule has 0 amide bonds. The number of benzene rings is 1. The Kier molecular flexibility index (Phi) is 4.11. The number of aromatic nitrogens is 2. The first-order chi connectivity index (χ1) is 10.1. The molecule has 1 saturated carbocycles. The van der Waals surface area contributed by atoms with E-state index in [1.165, 1.54) is 35.2 Å². The van der Waals surface area contributed by atoms with Gasteiger partial charge in [-0.25, -0.2) is 0 Å². The van der Waals surface area contributed by atoms with E-state index in [0.717, 1.165) is 19.1 Å². The lowest BCUT2D eigenvalue weighted by atomic mass is 10.0. The van der Waals surface area contributed by atoms with Gasteiger partial charge in [-0.2, -0.15) is 5.10 Å². The van der Waals surface area contributed by atoms with E-state index in [4.69, 9.17) is 0 Å². The molecule has 21 heavy (non-hydrogen) atoms. The summed E-state index contributed by atoms with van der Waals surface area (Å²) in [4.78, 5) is 0. The molecule has 3 rings (SSSR count). The maximum absolute atomic E-state index is 4.54. The van der Waals surface area contributed by atoms with Gasteiger partial charge in [0.2, 0.25) is 0 Å². The lowest BCUT2D eigenvalue weighted by molar-refractivity contribution is 0.653. The molecule has 3 nitrogen and oxygen atoms in total. The van der Waals surface area contributed by atoms with Crippen molar-refractivity contribution in [2.75, 3.05) is 0 Å². The van der Waals surface area contributed by atoms with Gasteiger partial charge in [-0.05, 0) is 36.8 Å². The largest absolute Gasteiger partial charge is 0.310 e. The Morgan fingerprint density at radius 1 is 1.24 bits per heavy atom. The van der Waals surface area contributed by atoms with Gasteiger partial charge in [0.1, 0.15) is 0 Å². The second-order valence-corrected chi connectivity index (χ2v) is 6.46. The predicted molar refractivity (Wildman–Crippen MR) is 86.5 cm³/mol. The van der Waals surface area contributed by atoms with Crippen LogP contribution in [-0.4, -0.2) is 15.8 Å². The molecule has 112 valence electrons. The molecule has 1 aromatic carbocycles. The quantitative estimate of drug-likeness (QED) is 0.877. The monoisotopic (exact) mass is 283 g/mol. The van der Waals surface area contributed by atoms with Crippen LogP contribution in [0.15, 0.2) is 30.5 Å². The molecule has 0 radical (unpaired) electrons. The van der Waals surface area contributed by atoms with Crippen LogP contribution in [0.3, 0.4) is 0 Å². The topological polar surface area (TPSA) is 29.9 Å². The minimum Gasteiger partial charge on any atom is -0.310 e. The van der Waals surface area contributed by atoms with Crippen molar-refractivity contribution in [1.29, 1.82) is 0 Å². The van der Waals surface area contributed by atoms with Crippen molar-refractivity contribution >= 4 is 0 Å². The van der Waals surface area contributed by atoms with Crippen molar-refractivity contribution in [3.63, 3.8) is 0 Å². The predicted octanol–water partition coefficient (Wildman–Crippen LogP) is 3.62. The molecule has 0 bridgehead atoms. The lowest BCUT2D eigenvalue weighted by Gasteiger charge is -2.09. The molecule has 1 aromatic heterocycles. The summed E-state index contributed by atoms with van der Waals surface area (Å²) in [5.74, 6) is 0.589. The highest BCUT2D eigenvalue weighted by Crippen LogP contribution is 2.20. The molecule has 1 fully saturated rings. The van der Waals surface area contributed by atoms with Crippen LogP contribution in [0, 0.1) is 6.92 Å². The second kappa shape index (κ2) is 6.02. The molecule has 1 N–H and O–H groups in total. The average Bonchev–Trinajstić information content (AvgIpc) is 3.24. The van der Waals surface area contributed by atoms with E-state index in [0.29, 0.717) is 5.92 Å². The number of nitrogens with one attached hydrogen (secondary N) is 1. The van der Waals surface area contributed by atoms with Crippen molar-refractivity contribution in [3.05, 3.63) is 52.8 Å². The van der Waals surface area contributed by atoms with Gasteiger partial charge < -0.3 is 5.32 Å². The highest BCUT2D eigenvalue weighted by Gasteiger charge is 2.20. The standard InChI is InChI=1S/C18H25N3/c1-13(2)16-6-4-15(5-7-16)12-21-14(3)17(11-20-21)10-19-18-8-9-18/h4-7,11,13,18-19H,8-10,12H2,1-3H3. The Bertz CT molecular complexity index is 591. The smallest absolute Gasteiger partial charge is 0.0662 e. The Balaban J connectivity index is 1.66. The van der Waals surface area contributed by atoms with Crippen molar-refractivity contribution in [2.24, 2.45) is 0 Å². The molecule has 2 aromatic rings. The van der Waals surface area contributed by atoms with Crippen molar-refractivity contribution in [1.82, 2.24) is 15.1 Å². The average molecular weight is 283 g/mol. The third-order valence-corrected chi connectivity index (χ3v) is 4.34. The van der Waals surface area contributed by atoms with Crippen LogP contribution in [0.25, 0.3) is 0 Å². The molecule has 0 unspecified atom stereocenters. The van der Waals surface area contributed by atoms with E-state index in [1.54, 1.807) is 0 Å². The van der Waals surface area contributed by atoms with Crippen molar-refractivity contribution in [3.8, 4) is 0 Å². The molecule has 0 saturated heterocycles. The van der Waals surface area contributed by atoms with Gasteiger partial charge in [0.05, 0.1) is 12.7 Å². The zero-order valence-electron chi connectivity index (χ0n) is 13.3. The molecule has 3 heteroatoms. The molecular formula is C18H25N3. The maximum atomic E-state index is 4.54. The van der Waals surface area contributed by atoms with Crippen LogP contribution in [0.1, 0.15) is 55.0 Å². The Morgan fingerprint density at radius 2 is 1.95 bits per heavy atom. The Labute approximate surface area is 127 Å². The normalized spacial score (nSPS) is 14.9. The van der Waals surface area contributed by atoms with E-state index < -0.39 is 0 Å². The third-order valence-electron chi connectivity index (χ3n) is 4.34. The Morgan fingerprint density at radius 3 is 2.57 bits per heavy atom. The van der Waals surface area contributed by atoms with E-state index in [1.807, 2.05) is 6.20 Å². The summed E-state index contributed by atoms with van der Waals surface area (Å²) in [5, 5.41) is 8.10. The second-order valence-electron chi connectivity index (χ2n) is 6.46. The molecular weight excluding hydrogens is 258 g/mol. The maximum Gasteiger partial charge on any atom is 0.0662 e. The number of hydrogen-bond donors (Lipinski definition) is 1. The highest BCUT2D eigenvalue weighted by molar-refractivity contribution is 5.26. The fourth-order valence-corrected chi connectivity index (χ4v) is 2.54. The molecule has 1 aliphatic rings. The minimum atomic E-state index is 0.589. The van der Waals surface area contributed by atoms with Gasteiger partial charge in [0, 0.05) is 23.8 Å². The first-order valence-electron chi connectivity index (χ1n) is 7.97. The summed E-state index contributed by atoms with van der Waals surface area (Å²) in [5.41, 5.74) is 5.30. The van der Waals surface area contributed by atoms with Gasteiger partial charge in [-0.3, -0.25) is 4.68 Å². The Hall–Kier alpha value is -1.61. The number of rotatable bonds is 6. The summed E-state index contributed by atoms with van der Waals surface area (Å²) >= 11 is 0. The minimum absolute atomic E-state index is 0.589. The fraction of sp³-hybridized carbons (Fsp3) is 0.500. The zero-order valence-corrected chi connectivity index (χ0v) is 13.3. The molecule has 0 aliphatic heterocycles. The van der Waals surface area contributed by atoms with Crippen LogP contribution in [0.5, 0.6) is 0 Å². The zero-order chi connectivity index (χ0) is 14.8. The first-order valence-corrected chi connectivity index (χ1v) is 7.97. The number of hydrogen-bond acceptors (Lipinski definition) is 2. The molecule has 1 aliphatic carbocycles. The fourth-order valence-electron chi connectivity index (χ4n) is 2.54. The van der Waals surface area contributed by atoms with Gasteiger partial charge in [-0.15, -0.1) is 0 Å². The summed E-state index contributed by atoms with van der Waals surface area (Å²) in [7, 11) is 0. The summed E-state index contributed by atoms with van der Waals surface area (Å²) in [6.07, 6.45) is 4.66. The SMILES string of the molecule is Cc1c(CNC2CC2)cnn1Cc1ccc(C(C)C)cc1. The van der Waals surface area contributed by atoms with Gasteiger partial charge in [0.15, 0.2) is 0 Å². The molecule has 1 heterocycles. The van der Waals surface area contributed by atoms with E-state index in [-0.39, 0.29) is 0 Å². The van der Waals surface area contributed by atoms with Crippen LogP contribution >= 0.6 is 0 Å². The van der Waals surface area contributed by atoms with Gasteiger partial charge in [0.25, 0.3) is 0 Å². The summed E-state index contributed by atoms with van der Waals surface area (Å²) in [6.45, 7) is 8.42. The van der Waals surface area contributed by atoms with Gasteiger partial charge >= 0.3 is 0 Å². The third kappa shape index (κ3) is 3.53. The van der Waals surface area contributed by atoms with Crippen molar-refractivity contribution < 1.29 is 0 Å². The first kappa shape index (κ1) is 14.3. The molecule has 0 spiro atoms. The molecule has 0 atom stereocenters. The van der Waals surface area contributed by atoms with Gasteiger partial charge in [-0.1, -0.05) is 38.1 Å². The number of nitrogens with zero attached hydrogens (tertiary/aromatic N) is 2. The lowest BCUT2D eigenvalue weighted by Crippen LogP contribution is -2.16. The van der Waals surface area contributed by atoms with Crippen LogP contribution in [0.4, 0.5) is 0 Å². The van der Waals surface area contributed by atoms with Crippen LogP contribution in [0.2, 0.25) is 0 Å². The summed E-state index contributed by atoms with van der Waals surface area (Å²) < 4.78 is 2.11. The summed E-state index contributed by atoms with van der Waals surface area (Å²) in [6, 6.07) is 9.65. The van der Waals surface area contributed by atoms with Crippen LogP contribution < -0.4 is 5.32 Å². The van der Waals surface area contributed by atoms with E-state index in [2.05, 4.69) is 60.1 Å². The highest BCUT2D eigenvalue weighted by atomic mass is 15.3. The van der Waals surface area contributed by atoms with E-state index in [9.17, 15) is 0 Å². The van der Waals surface area contributed by atoms with E-state index >= 15 is 0 Å². The van der Waals surface area contributed by atoms with Crippen molar-refractivity contribution in [2.45, 2.75) is 58.7 Å².